The first-order valence-corrected chi connectivity index (χ1v) is 9.38. The van der Waals surface area contributed by atoms with Gasteiger partial charge in [0.15, 0.2) is 0 Å². The highest BCUT2D eigenvalue weighted by Gasteiger charge is 2.15. The second kappa shape index (κ2) is 8.29. The van der Waals surface area contributed by atoms with Crippen molar-refractivity contribution in [2.24, 2.45) is 15.8 Å². The number of rotatable bonds is 6. The molecule has 7 nitrogen and oxygen atoms in total. The standard InChI is InChI=1S/C18H22N4O3S/c1-25-9-8-20-18-22(21-13-4-2-3-5-13)15(11-26-18)12-6-7-16(23)14(10-12)17(19)24/h6-7,10-11,23H,2-5,8-9H2,1H3,(H2,19,24). The van der Waals surface area contributed by atoms with E-state index in [2.05, 4.69) is 4.99 Å². The summed E-state index contributed by atoms with van der Waals surface area (Å²) in [5, 5.41) is 16.6. The quantitative estimate of drug-likeness (QED) is 0.759. The van der Waals surface area contributed by atoms with Crippen molar-refractivity contribution in [2.75, 3.05) is 20.3 Å². The van der Waals surface area contributed by atoms with Gasteiger partial charge in [-0.2, -0.15) is 5.10 Å². The summed E-state index contributed by atoms with van der Waals surface area (Å²) in [6, 6.07) is 4.81. The Kier molecular flexibility index (Phi) is 5.85. The summed E-state index contributed by atoms with van der Waals surface area (Å²) in [6.45, 7) is 1.08. The molecule has 26 heavy (non-hydrogen) atoms. The van der Waals surface area contributed by atoms with Crippen molar-refractivity contribution in [1.82, 2.24) is 4.68 Å². The summed E-state index contributed by atoms with van der Waals surface area (Å²) in [5.41, 5.74) is 8.16. The highest BCUT2D eigenvalue weighted by molar-refractivity contribution is 7.07. The highest BCUT2D eigenvalue weighted by atomic mass is 32.1. The van der Waals surface area contributed by atoms with Crippen LogP contribution in [-0.2, 0) is 4.74 Å². The van der Waals surface area contributed by atoms with Gasteiger partial charge in [-0.05, 0) is 43.9 Å². The number of phenols is 1. The summed E-state index contributed by atoms with van der Waals surface area (Å²) in [6.07, 6.45) is 4.28. The van der Waals surface area contributed by atoms with Crippen LogP contribution < -0.4 is 10.5 Å². The molecule has 1 aromatic carbocycles. The number of amides is 1. The van der Waals surface area contributed by atoms with Crippen LogP contribution in [0.5, 0.6) is 5.75 Å². The third kappa shape index (κ3) is 4.03. The molecule has 0 unspecified atom stereocenters. The molecular formula is C18H22N4O3S. The van der Waals surface area contributed by atoms with Crippen LogP contribution in [0, 0.1) is 0 Å². The van der Waals surface area contributed by atoms with Crippen molar-refractivity contribution in [1.29, 1.82) is 0 Å². The number of primary amides is 1. The van der Waals surface area contributed by atoms with Crippen LogP contribution in [0.25, 0.3) is 11.3 Å². The van der Waals surface area contributed by atoms with Crippen LogP contribution in [-0.4, -0.2) is 41.7 Å². The molecule has 8 heteroatoms. The second-order valence-electron chi connectivity index (χ2n) is 6.06. The predicted octanol–water partition coefficient (Wildman–Crippen LogP) is 2.35. The van der Waals surface area contributed by atoms with E-state index in [0.29, 0.717) is 13.2 Å². The molecule has 1 fully saturated rings. The lowest BCUT2D eigenvalue weighted by molar-refractivity contribution is 0.0998. The number of methoxy groups -OCH3 is 1. The fourth-order valence-electron chi connectivity index (χ4n) is 2.85. The molecule has 2 aromatic rings. The minimum Gasteiger partial charge on any atom is -0.507 e. The van der Waals surface area contributed by atoms with Gasteiger partial charge in [0.05, 0.1) is 24.4 Å². The molecule has 1 saturated carbocycles. The minimum atomic E-state index is -0.668. The molecule has 0 spiro atoms. The van der Waals surface area contributed by atoms with Crippen LogP contribution in [0.1, 0.15) is 36.0 Å². The first-order valence-electron chi connectivity index (χ1n) is 8.50. The van der Waals surface area contributed by atoms with Gasteiger partial charge in [-0.15, -0.1) is 11.3 Å². The maximum absolute atomic E-state index is 11.5. The number of hydrogen-bond donors (Lipinski definition) is 2. The third-order valence-electron chi connectivity index (χ3n) is 4.21. The van der Waals surface area contributed by atoms with E-state index in [9.17, 15) is 9.90 Å². The van der Waals surface area contributed by atoms with Crippen molar-refractivity contribution in [3.05, 3.63) is 33.9 Å². The van der Waals surface area contributed by atoms with Gasteiger partial charge < -0.3 is 15.6 Å². The van der Waals surface area contributed by atoms with Gasteiger partial charge in [0.1, 0.15) is 5.75 Å². The Morgan fingerprint density at radius 2 is 2.15 bits per heavy atom. The van der Waals surface area contributed by atoms with E-state index in [-0.39, 0.29) is 11.3 Å². The van der Waals surface area contributed by atoms with Gasteiger partial charge in [-0.25, -0.2) is 4.68 Å². The van der Waals surface area contributed by atoms with Crippen LogP contribution in [0.2, 0.25) is 0 Å². The largest absolute Gasteiger partial charge is 0.507 e. The average molecular weight is 374 g/mol. The molecule has 1 amide bonds. The maximum atomic E-state index is 11.5. The van der Waals surface area contributed by atoms with Crippen molar-refractivity contribution in [2.45, 2.75) is 25.7 Å². The Labute approximate surface area is 155 Å². The number of carbonyl (C=O) groups excluding carboxylic acids is 1. The molecule has 0 bridgehead atoms. The number of ether oxygens (including phenoxy) is 1. The number of aromatic hydroxyl groups is 1. The van der Waals surface area contributed by atoms with Crippen LogP contribution in [0.15, 0.2) is 33.7 Å². The zero-order chi connectivity index (χ0) is 18.5. The number of aromatic nitrogens is 1. The van der Waals surface area contributed by atoms with Crippen molar-refractivity contribution >= 4 is 23.0 Å². The monoisotopic (exact) mass is 374 g/mol. The Morgan fingerprint density at radius 3 is 2.85 bits per heavy atom. The van der Waals surface area contributed by atoms with Gasteiger partial charge >= 0.3 is 0 Å². The summed E-state index contributed by atoms with van der Waals surface area (Å²) in [7, 11) is 1.64. The first kappa shape index (κ1) is 18.3. The third-order valence-corrected chi connectivity index (χ3v) is 5.06. The van der Waals surface area contributed by atoms with Gasteiger partial charge in [-0.1, -0.05) is 0 Å². The van der Waals surface area contributed by atoms with Crippen molar-refractivity contribution in [3.8, 4) is 17.0 Å². The van der Waals surface area contributed by atoms with E-state index in [1.165, 1.54) is 17.4 Å². The molecular weight excluding hydrogens is 352 g/mol. The van der Waals surface area contributed by atoms with E-state index in [0.717, 1.165) is 47.5 Å². The zero-order valence-corrected chi connectivity index (χ0v) is 15.5. The molecule has 0 aliphatic heterocycles. The Bertz CT molecular complexity index is 890. The SMILES string of the molecule is COCCN=c1scc(-c2ccc(O)c(C(N)=O)c2)n1N=C1CCCC1. The molecule has 0 radical (unpaired) electrons. The Balaban J connectivity index is 2.09. The lowest BCUT2D eigenvalue weighted by atomic mass is 10.1. The number of hydrogen-bond acceptors (Lipinski definition) is 6. The zero-order valence-electron chi connectivity index (χ0n) is 14.6. The van der Waals surface area contributed by atoms with Gasteiger partial charge in [0.25, 0.3) is 5.91 Å². The average Bonchev–Trinajstić information content (AvgIpc) is 3.26. The number of nitrogens with two attached hydrogens (primary N) is 1. The maximum Gasteiger partial charge on any atom is 0.252 e. The summed E-state index contributed by atoms with van der Waals surface area (Å²) in [4.78, 5) is 16.9. The molecule has 3 N–H and O–H groups in total. The Morgan fingerprint density at radius 1 is 1.38 bits per heavy atom. The van der Waals surface area contributed by atoms with E-state index in [1.807, 2.05) is 10.1 Å². The fraction of sp³-hybridized carbons (Fsp3) is 0.389. The normalized spacial score (nSPS) is 14.8. The molecule has 0 atom stereocenters. The van der Waals surface area contributed by atoms with Crippen LogP contribution in [0.4, 0.5) is 0 Å². The predicted molar refractivity (Wildman–Crippen MR) is 102 cm³/mol. The molecule has 3 rings (SSSR count). The minimum absolute atomic E-state index is 0.0895. The second-order valence-corrected chi connectivity index (χ2v) is 6.90. The molecule has 1 aliphatic carbocycles. The molecule has 0 saturated heterocycles. The smallest absolute Gasteiger partial charge is 0.252 e. The number of nitrogens with zero attached hydrogens (tertiary/aromatic N) is 3. The van der Waals surface area contributed by atoms with Gasteiger partial charge in [0, 0.05) is 23.8 Å². The highest BCUT2D eigenvalue weighted by Crippen LogP contribution is 2.27. The Hall–Kier alpha value is -2.45. The molecule has 1 aliphatic rings. The molecule has 1 heterocycles. The lowest BCUT2D eigenvalue weighted by Gasteiger charge is -2.07. The van der Waals surface area contributed by atoms with E-state index >= 15 is 0 Å². The van der Waals surface area contributed by atoms with Gasteiger partial charge in [0.2, 0.25) is 4.80 Å². The van der Waals surface area contributed by atoms with E-state index in [4.69, 9.17) is 15.6 Å². The van der Waals surface area contributed by atoms with Gasteiger partial charge in [-0.3, -0.25) is 9.79 Å². The molecule has 138 valence electrons. The number of benzene rings is 1. The number of carbonyl (C=O) groups is 1. The summed E-state index contributed by atoms with van der Waals surface area (Å²) < 4.78 is 6.89. The lowest BCUT2D eigenvalue weighted by Crippen LogP contribution is -2.15. The van der Waals surface area contributed by atoms with E-state index in [1.54, 1.807) is 19.2 Å². The van der Waals surface area contributed by atoms with Crippen molar-refractivity contribution in [3.63, 3.8) is 0 Å². The number of thiazole rings is 1. The molecule has 1 aromatic heterocycles. The van der Waals surface area contributed by atoms with Crippen LogP contribution in [0.3, 0.4) is 0 Å². The summed E-state index contributed by atoms with van der Waals surface area (Å²) in [5.74, 6) is -0.798. The first-order chi connectivity index (χ1) is 12.6. The van der Waals surface area contributed by atoms with Crippen LogP contribution >= 0.6 is 11.3 Å². The summed E-state index contributed by atoms with van der Waals surface area (Å²) >= 11 is 1.48. The van der Waals surface area contributed by atoms with Crippen molar-refractivity contribution < 1.29 is 14.6 Å². The topological polar surface area (TPSA) is 102 Å². The fourth-order valence-corrected chi connectivity index (χ4v) is 3.71. The van der Waals surface area contributed by atoms with E-state index < -0.39 is 5.91 Å².